The number of anilines is 1. The van der Waals surface area contributed by atoms with Crippen molar-refractivity contribution in [1.29, 1.82) is 0 Å². The molecule has 1 heterocycles. The maximum atomic E-state index is 13.2. The molecule has 112 valence electrons. The molecule has 1 aliphatic rings. The predicted molar refractivity (Wildman–Crippen MR) is 80.8 cm³/mol. The van der Waals surface area contributed by atoms with Crippen LogP contribution in [-0.2, 0) is 0 Å². The zero-order valence-electron chi connectivity index (χ0n) is 11.9. The van der Waals surface area contributed by atoms with Crippen molar-refractivity contribution in [3.05, 3.63) is 65.6 Å². The summed E-state index contributed by atoms with van der Waals surface area (Å²) in [4.78, 5) is 12.1. The number of aryl methyl sites for hydroxylation is 1. The normalized spacial score (nSPS) is 12.6. The number of carbonyl (C=O) groups excluding carboxylic acids is 1. The van der Waals surface area contributed by atoms with Crippen molar-refractivity contribution >= 4 is 11.5 Å². The summed E-state index contributed by atoms with van der Waals surface area (Å²) in [6.45, 7) is 2.03. The van der Waals surface area contributed by atoms with Gasteiger partial charge >= 0.3 is 0 Å². The van der Waals surface area contributed by atoms with E-state index in [1.54, 1.807) is 24.3 Å². The summed E-state index contributed by atoms with van der Waals surface area (Å²) >= 11 is 0. The lowest BCUT2D eigenvalue weighted by Crippen LogP contribution is -1.97. The minimum Gasteiger partial charge on any atom is -0.454 e. The number of nitrogens with one attached hydrogen (secondary N) is 1. The second-order valence-corrected chi connectivity index (χ2v) is 4.87. The predicted octanol–water partition coefficient (Wildman–Crippen LogP) is 3.67. The molecular formula is C17H14FNO3. The molecule has 0 spiro atoms. The van der Waals surface area contributed by atoms with Crippen LogP contribution in [0.5, 0.6) is 11.5 Å². The van der Waals surface area contributed by atoms with E-state index in [9.17, 15) is 9.18 Å². The van der Waals surface area contributed by atoms with E-state index in [1.807, 2.05) is 6.92 Å². The lowest BCUT2D eigenvalue weighted by Gasteiger charge is -2.05. The number of halogens is 1. The quantitative estimate of drug-likeness (QED) is 0.691. The van der Waals surface area contributed by atoms with Crippen LogP contribution >= 0.6 is 0 Å². The molecule has 1 N–H and O–H groups in total. The lowest BCUT2D eigenvalue weighted by molar-refractivity contribution is 0.104. The van der Waals surface area contributed by atoms with Crippen molar-refractivity contribution in [3.63, 3.8) is 0 Å². The first kappa shape index (κ1) is 14.1. The van der Waals surface area contributed by atoms with E-state index in [2.05, 4.69) is 5.32 Å². The number of allylic oxidation sites excluding steroid dienone is 1. The van der Waals surface area contributed by atoms with Crippen LogP contribution in [0.3, 0.4) is 0 Å². The van der Waals surface area contributed by atoms with Crippen LogP contribution in [0.15, 0.2) is 48.7 Å². The van der Waals surface area contributed by atoms with Crippen LogP contribution in [0.2, 0.25) is 0 Å². The SMILES string of the molecule is Cc1ccc(F)cc1NC=CC(=O)c1ccc2c(c1)OCO2. The Bertz CT molecular complexity index is 756. The fourth-order valence-electron chi connectivity index (χ4n) is 2.10. The molecule has 0 aromatic heterocycles. The van der Waals surface area contributed by atoms with E-state index >= 15 is 0 Å². The van der Waals surface area contributed by atoms with E-state index < -0.39 is 0 Å². The number of hydrogen-bond donors (Lipinski definition) is 1. The molecule has 2 aromatic rings. The molecule has 0 fully saturated rings. The molecule has 3 rings (SSSR count). The molecule has 22 heavy (non-hydrogen) atoms. The van der Waals surface area contributed by atoms with Gasteiger partial charge in [-0.05, 0) is 42.8 Å². The third-order valence-electron chi connectivity index (χ3n) is 3.33. The first-order valence-electron chi connectivity index (χ1n) is 6.77. The summed E-state index contributed by atoms with van der Waals surface area (Å²) in [5.41, 5.74) is 2.01. The molecule has 0 saturated heterocycles. The van der Waals surface area contributed by atoms with Crippen molar-refractivity contribution < 1.29 is 18.7 Å². The summed E-state index contributed by atoms with van der Waals surface area (Å²) in [5, 5.41) is 2.91. The zero-order valence-corrected chi connectivity index (χ0v) is 11.9. The Morgan fingerprint density at radius 1 is 1.18 bits per heavy atom. The van der Waals surface area contributed by atoms with E-state index in [4.69, 9.17) is 9.47 Å². The Hall–Kier alpha value is -2.82. The largest absolute Gasteiger partial charge is 0.454 e. The van der Waals surface area contributed by atoms with Gasteiger partial charge in [-0.3, -0.25) is 4.79 Å². The first-order chi connectivity index (χ1) is 10.6. The van der Waals surface area contributed by atoms with Crippen LogP contribution in [0.1, 0.15) is 15.9 Å². The molecule has 1 aliphatic heterocycles. The van der Waals surface area contributed by atoms with Gasteiger partial charge in [-0.25, -0.2) is 4.39 Å². The van der Waals surface area contributed by atoms with Crippen molar-refractivity contribution in [1.82, 2.24) is 0 Å². The van der Waals surface area contributed by atoms with Gasteiger partial charge in [0.2, 0.25) is 6.79 Å². The molecule has 5 heteroatoms. The maximum absolute atomic E-state index is 13.2. The van der Waals surface area contributed by atoms with Gasteiger partial charge in [0.05, 0.1) is 0 Å². The standard InChI is InChI=1S/C17H14FNO3/c1-11-2-4-13(18)9-14(11)19-7-6-15(20)12-3-5-16-17(8-12)22-10-21-16/h2-9,19H,10H2,1H3. The number of rotatable bonds is 4. The Morgan fingerprint density at radius 2 is 2.00 bits per heavy atom. The number of carbonyl (C=O) groups is 1. The number of hydrogen-bond acceptors (Lipinski definition) is 4. The molecule has 0 amide bonds. The van der Waals surface area contributed by atoms with Gasteiger partial charge in [-0.1, -0.05) is 6.07 Å². The summed E-state index contributed by atoms with van der Waals surface area (Å²) in [6, 6.07) is 9.46. The van der Waals surface area contributed by atoms with Crippen molar-refractivity contribution in [2.24, 2.45) is 0 Å². The number of ether oxygens (including phenoxy) is 2. The minimum atomic E-state index is -0.330. The second kappa shape index (κ2) is 5.89. The molecule has 0 saturated carbocycles. The van der Waals surface area contributed by atoms with Crippen LogP contribution in [0.25, 0.3) is 0 Å². The van der Waals surface area contributed by atoms with Crippen LogP contribution in [0, 0.1) is 12.7 Å². The number of benzene rings is 2. The van der Waals surface area contributed by atoms with E-state index in [1.165, 1.54) is 24.4 Å². The average Bonchev–Trinajstić information content (AvgIpc) is 2.98. The van der Waals surface area contributed by atoms with Crippen LogP contribution < -0.4 is 14.8 Å². The number of ketones is 1. The summed E-state index contributed by atoms with van der Waals surface area (Å²) in [7, 11) is 0. The van der Waals surface area contributed by atoms with E-state index in [0.29, 0.717) is 22.7 Å². The average molecular weight is 299 g/mol. The van der Waals surface area contributed by atoms with Crippen LogP contribution in [-0.4, -0.2) is 12.6 Å². The van der Waals surface area contributed by atoms with E-state index in [-0.39, 0.29) is 18.4 Å². The second-order valence-electron chi connectivity index (χ2n) is 4.87. The highest BCUT2D eigenvalue weighted by Gasteiger charge is 2.15. The number of fused-ring (bicyclic) bond motifs is 1. The minimum absolute atomic E-state index is 0.170. The highest BCUT2D eigenvalue weighted by Crippen LogP contribution is 2.32. The lowest BCUT2D eigenvalue weighted by atomic mass is 10.1. The van der Waals surface area contributed by atoms with Crippen LogP contribution in [0.4, 0.5) is 10.1 Å². The highest BCUT2D eigenvalue weighted by atomic mass is 19.1. The monoisotopic (exact) mass is 299 g/mol. The Kier molecular flexibility index (Phi) is 3.78. The highest BCUT2D eigenvalue weighted by molar-refractivity contribution is 6.05. The van der Waals surface area contributed by atoms with Crippen molar-refractivity contribution in [2.45, 2.75) is 6.92 Å². The van der Waals surface area contributed by atoms with Gasteiger partial charge in [0.1, 0.15) is 5.82 Å². The Labute approximate surface area is 127 Å². The third-order valence-corrected chi connectivity index (χ3v) is 3.33. The smallest absolute Gasteiger partial charge is 0.231 e. The molecule has 4 nitrogen and oxygen atoms in total. The topological polar surface area (TPSA) is 47.6 Å². The third kappa shape index (κ3) is 2.93. The summed E-state index contributed by atoms with van der Waals surface area (Å²) < 4.78 is 23.6. The van der Waals surface area contributed by atoms with E-state index in [0.717, 1.165) is 5.56 Å². The van der Waals surface area contributed by atoms with Gasteiger partial charge < -0.3 is 14.8 Å². The van der Waals surface area contributed by atoms with Gasteiger partial charge in [0.15, 0.2) is 17.3 Å². The van der Waals surface area contributed by atoms with Gasteiger partial charge in [0.25, 0.3) is 0 Å². The fraction of sp³-hybridized carbons (Fsp3) is 0.118. The molecular weight excluding hydrogens is 285 g/mol. The Morgan fingerprint density at radius 3 is 2.86 bits per heavy atom. The summed E-state index contributed by atoms with van der Waals surface area (Å²) in [6.07, 6.45) is 2.89. The molecule has 0 radical (unpaired) electrons. The molecule has 0 bridgehead atoms. The molecule has 0 atom stereocenters. The zero-order chi connectivity index (χ0) is 15.5. The molecule has 0 unspecified atom stereocenters. The maximum Gasteiger partial charge on any atom is 0.231 e. The van der Waals surface area contributed by atoms with Gasteiger partial charge in [-0.2, -0.15) is 0 Å². The van der Waals surface area contributed by atoms with Gasteiger partial charge in [0, 0.05) is 23.5 Å². The van der Waals surface area contributed by atoms with Gasteiger partial charge in [-0.15, -0.1) is 0 Å². The summed E-state index contributed by atoms with van der Waals surface area (Å²) in [5.74, 6) is 0.686. The van der Waals surface area contributed by atoms with Crippen molar-refractivity contribution in [2.75, 3.05) is 12.1 Å². The Balaban J connectivity index is 1.70. The van der Waals surface area contributed by atoms with Crippen molar-refractivity contribution in [3.8, 4) is 11.5 Å². The first-order valence-corrected chi connectivity index (χ1v) is 6.77. The molecule has 0 aliphatic carbocycles. The fourth-order valence-corrected chi connectivity index (χ4v) is 2.10. The molecule has 2 aromatic carbocycles.